The number of aliphatic hydroxyl groups is 1. The van der Waals surface area contributed by atoms with Crippen LogP contribution in [0.5, 0.6) is 17.2 Å². The Bertz CT molecular complexity index is 1270. The Morgan fingerprint density at radius 3 is 2.56 bits per heavy atom. The molecule has 8 heteroatoms. The third-order valence-electron chi connectivity index (χ3n) is 6.30. The Hall–Kier alpha value is -2.99. The van der Waals surface area contributed by atoms with Crippen LogP contribution < -0.4 is 14.8 Å². The summed E-state index contributed by atoms with van der Waals surface area (Å²) in [6.45, 7) is 2.96. The van der Waals surface area contributed by atoms with Gasteiger partial charge in [-0.15, -0.1) is 13.1 Å². The summed E-state index contributed by atoms with van der Waals surface area (Å²) in [4.78, 5) is 0. The number of fused-ring (bicyclic) bond motifs is 2. The van der Waals surface area contributed by atoms with Gasteiger partial charge in [0.2, 0.25) is 6.79 Å². The number of aliphatic hydroxyl groups excluding tert-OH is 1. The zero-order chi connectivity index (χ0) is 24.0. The van der Waals surface area contributed by atoms with Crippen molar-refractivity contribution in [2.45, 2.75) is 32.0 Å². The van der Waals surface area contributed by atoms with E-state index in [1.165, 1.54) is 12.8 Å². The minimum Gasteiger partial charge on any atom is -0.661 e. The van der Waals surface area contributed by atoms with Crippen molar-refractivity contribution in [3.8, 4) is 17.2 Å². The standard InChI is InChI=1S/C16H15NO2.C12H15N2O2.W/c18-11-14-9-13-3-1-2-4-16(13)17(14)10-12-5-7-15(19)8-6-12;1-2-10(7-13-5-1)14-9-3-4-11-12(6-9)16-8-15-11;/h1-9,18-19H,10-11H2;3-4,6,10,14H,1-2,5,7-8H2;/q;-1;. The van der Waals surface area contributed by atoms with Gasteiger partial charge < -0.3 is 34.9 Å². The van der Waals surface area contributed by atoms with Crippen LogP contribution in [0.1, 0.15) is 24.1 Å². The van der Waals surface area contributed by atoms with Gasteiger partial charge in [0.15, 0.2) is 11.5 Å². The molecule has 0 bridgehead atoms. The quantitative estimate of drug-likeness (QED) is 0.273. The number of nitrogens with one attached hydrogen (secondary N) is 1. The van der Waals surface area contributed by atoms with Gasteiger partial charge in [0.1, 0.15) is 5.75 Å². The van der Waals surface area contributed by atoms with Crippen molar-refractivity contribution in [1.29, 1.82) is 0 Å². The summed E-state index contributed by atoms with van der Waals surface area (Å²) in [7, 11) is 0. The van der Waals surface area contributed by atoms with Crippen molar-refractivity contribution in [2.24, 2.45) is 0 Å². The summed E-state index contributed by atoms with van der Waals surface area (Å²) in [6, 6.07) is 23.7. The molecule has 4 aromatic rings. The van der Waals surface area contributed by atoms with E-state index in [4.69, 9.17) is 9.47 Å². The summed E-state index contributed by atoms with van der Waals surface area (Å²) in [6.07, 6.45) is 2.38. The van der Waals surface area contributed by atoms with Crippen LogP contribution in [0.2, 0.25) is 0 Å². The average Bonchev–Trinajstić information content (AvgIpc) is 3.50. The number of para-hydroxylation sites is 1. The van der Waals surface area contributed by atoms with Gasteiger partial charge >= 0.3 is 0 Å². The SMILES string of the molecule is OCc1cc2ccccc2n1Cc1ccc(O)cc1.[W].c1cc2c(cc1NC1CCC[N-]C1)OCO2. The molecular formula is C28H30N3O4W-. The first-order chi connectivity index (χ1) is 17.2. The molecule has 3 aromatic carbocycles. The Kier molecular flexibility index (Phi) is 8.92. The third kappa shape index (κ3) is 6.22. The van der Waals surface area contributed by atoms with Crippen LogP contribution in [0, 0.1) is 0 Å². The smallest absolute Gasteiger partial charge is 0.231 e. The molecule has 0 saturated carbocycles. The Balaban J connectivity index is 0.000000167. The van der Waals surface area contributed by atoms with Crippen LogP contribution in [-0.4, -0.2) is 40.7 Å². The summed E-state index contributed by atoms with van der Waals surface area (Å²) in [5.41, 5.74) is 4.19. The minimum atomic E-state index is 0. The monoisotopic (exact) mass is 656 g/mol. The number of phenolic OH excluding ortho intramolecular Hbond substituents is 1. The number of aromatic hydroxyl groups is 1. The van der Waals surface area contributed by atoms with Crippen LogP contribution in [0.3, 0.4) is 0 Å². The number of hydrogen-bond acceptors (Lipinski definition) is 5. The molecule has 188 valence electrons. The molecule has 1 atom stereocenters. The fourth-order valence-corrected chi connectivity index (χ4v) is 4.50. The molecule has 0 amide bonds. The zero-order valence-corrected chi connectivity index (χ0v) is 22.9. The second kappa shape index (κ2) is 12.3. The molecule has 0 spiro atoms. The van der Waals surface area contributed by atoms with Crippen LogP contribution in [-0.2, 0) is 34.2 Å². The number of phenols is 1. The summed E-state index contributed by atoms with van der Waals surface area (Å²) in [5.74, 6) is 1.93. The van der Waals surface area contributed by atoms with E-state index in [0.717, 1.165) is 52.4 Å². The summed E-state index contributed by atoms with van der Waals surface area (Å²) in [5, 5.41) is 27.8. The topological polar surface area (TPSA) is 90.0 Å². The van der Waals surface area contributed by atoms with Gasteiger partial charge in [-0.1, -0.05) is 36.8 Å². The number of ether oxygens (including phenoxy) is 2. The van der Waals surface area contributed by atoms with Gasteiger partial charge in [-0.25, -0.2) is 0 Å². The zero-order valence-electron chi connectivity index (χ0n) is 20.0. The van der Waals surface area contributed by atoms with Crippen molar-refractivity contribution in [3.63, 3.8) is 0 Å². The number of rotatable bonds is 5. The third-order valence-corrected chi connectivity index (χ3v) is 6.30. The van der Waals surface area contributed by atoms with E-state index in [9.17, 15) is 10.2 Å². The second-order valence-corrected chi connectivity index (χ2v) is 8.79. The molecular weight excluding hydrogens is 626 g/mol. The molecule has 36 heavy (non-hydrogen) atoms. The maximum Gasteiger partial charge on any atom is 0.231 e. The fourth-order valence-electron chi connectivity index (χ4n) is 4.50. The number of nitrogens with zero attached hydrogens (tertiary/aromatic N) is 2. The molecule has 2 aliphatic heterocycles. The summed E-state index contributed by atoms with van der Waals surface area (Å²) >= 11 is 0. The van der Waals surface area contributed by atoms with Gasteiger partial charge in [-0.3, -0.25) is 0 Å². The predicted molar refractivity (Wildman–Crippen MR) is 137 cm³/mol. The maximum absolute atomic E-state index is 9.48. The van der Waals surface area contributed by atoms with Crippen molar-refractivity contribution in [1.82, 2.24) is 4.57 Å². The minimum absolute atomic E-state index is 0. The molecule has 2 aliphatic rings. The van der Waals surface area contributed by atoms with Crippen LogP contribution in [0.15, 0.2) is 72.8 Å². The first-order valence-electron chi connectivity index (χ1n) is 11.9. The first-order valence-corrected chi connectivity index (χ1v) is 11.9. The van der Waals surface area contributed by atoms with E-state index in [0.29, 0.717) is 19.4 Å². The van der Waals surface area contributed by atoms with E-state index in [-0.39, 0.29) is 33.4 Å². The molecule has 7 nitrogen and oxygen atoms in total. The van der Waals surface area contributed by atoms with Crippen molar-refractivity contribution >= 4 is 16.6 Å². The molecule has 0 radical (unpaired) electrons. The van der Waals surface area contributed by atoms with Gasteiger partial charge in [0.05, 0.1) is 6.61 Å². The van der Waals surface area contributed by atoms with Gasteiger partial charge in [-0.2, -0.15) is 0 Å². The van der Waals surface area contributed by atoms with Crippen LogP contribution in [0.4, 0.5) is 5.69 Å². The number of piperidine rings is 1. The average molecular weight is 656 g/mol. The number of aromatic nitrogens is 1. The molecule has 0 aliphatic carbocycles. The van der Waals surface area contributed by atoms with E-state index in [1.54, 1.807) is 12.1 Å². The van der Waals surface area contributed by atoms with Crippen LogP contribution >= 0.6 is 0 Å². The normalized spacial score (nSPS) is 16.1. The molecule has 1 fully saturated rings. The van der Waals surface area contributed by atoms with E-state index in [2.05, 4.69) is 21.3 Å². The first kappa shape index (κ1) is 26.1. The van der Waals surface area contributed by atoms with Crippen molar-refractivity contribution in [3.05, 3.63) is 89.4 Å². The maximum atomic E-state index is 9.48. The Morgan fingerprint density at radius 1 is 0.972 bits per heavy atom. The van der Waals surface area contributed by atoms with E-state index < -0.39 is 0 Å². The van der Waals surface area contributed by atoms with Gasteiger partial charge in [0, 0.05) is 56.6 Å². The van der Waals surface area contributed by atoms with Crippen molar-refractivity contribution < 1.29 is 40.8 Å². The Labute approximate surface area is 225 Å². The number of benzene rings is 3. The van der Waals surface area contributed by atoms with E-state index >= 15 is 0 Å². The predicted octanol–water partition coefficient (Wildman–Crippen LogP) is 5.25. The van der Waals surface area contributed by atoms with E-state index in [1.807, 2.05) is 54.6 Å². The Morgan fingerprint density at radius 2 is 1.78 bits per heavy atom. The van der Waals surface area contributed by atoms with Gasteiger partial charge in [0.25, 0.3) is 0 Å². The molecule has 6 rings (SSSR count). The second-order valence-electron chi connectivity index (χ2n) is 8.79. The summed E-state index contributed by atoms with van der Waals surface area (Å²) < 4.78 is 12.7. The molecule has 3 heterocycles. The number of anilines is 1. The van der Waals surface area contributed by atoms with Crippen molar-refractivity contribution in [2.75, 3.05) is 25.2 Å². The number of hydrogen-bond donors (Lipinski definition) is 3. The molecule has 1 aromatic heterocycles. The molecule has 1 unspecified atom stereocenters. The largest absolute Gasteiger partial charge is 0.661 e. The van der Waals surface area contributed by atoms with Crippen LogP contribution in [0.25, 0.3) is 16.2 Å². The fraction of sp³-hybridized carbons (Fsp3) is 0.286. The molecule has 3 N–H and O–H groups in total. The molecule has 1 saturated heterocycles. The van der Waals surface area contributed by atoms with Gasteiger partial charge in [-0.05, 0) is 53.8 Å².